The molecular formula is C25H28N2O4. The van der Waals surface area contributed by atoms with Crippen molar-refractivity contribution in [2.75, 3.05) is 26.2 Å². The van der Waals surface area contributed by atoms with E-state index in [0.717, 1.165) is 35.1 Å². The number of ether oxygens (including phenoxy) is 1. The Bertz CT molecular complexity index is 1000. The highest BCUT2D eigenvalue weighted by Gasteiger charge is 2.26. The molecule has 31 heavy (non-hydrogen) atoms. The van der Waals surface area contributed by atoms with E-state index >= 15 is 0 Å². The first-order valence-electron chi connectivity index (χ1n) is 10.9. The standard InChI is InChI=1S/C25H28N2O4/c1-2-30-21-9-7-18(8-10-21)15-24(28)26-17-19-11-13-27(14-12-19)25(29)23-16-20-5-3-4-6-22(20)31-23/h3-10,16,19H,2,11-15,17H2,1H3,(H,26,28). The lowest BCUT2D eigenvalue weighted by molar-refractivity contribution is -0.120. The Balaban J connectivity index is 1.21. The van der Waals surface area contributed by atoms with Crippen LogP contribution >= 0.6 is 0 Å². The number of likely N-dealkylation sites (tertiary alicyclic amines) is 1. The molecule has 0 unspecified atom stereocenters. The van der Waals surface area contributed by atoms with E-state index in [1.807, 2.05) is 66.4 Å². The number of carbonyl (C=O) groups is 2. The van der Waals surface area contributed by atoms with Crippen LogP contribution in [0.2, 0.25) is 0 Å². The SMILES string of the molecule is CCOc1ccc(CC(=O)NCC2CCN(C(=O)c3cc4ccccc4o3)CC2)cc1. The van der Waals surface area contributed by atoms with Gasteiger partial charge in [-0.2, -0.15) is 0 Å². The van der Waals surface area contributed by atoms with Gasteiger partial charge in [0.05, 0.1) is 13.0 Å². The molecule has 2 heterocycles. The van der Waals surface area contributed by atoms with Gasteiger partial charge in [0.1, 0.15) is 11.3 Å². The Kier molecular flexibility index (Phi) is 6.55. The first-order chi connectivity index (χ1) is 15.1. The smallest absolute Gasteiger partial charge is 0.289 e. The minimum absolute atomic E-state index is 0.0185. The lowest BCUT2D eigenvalue weighted by Gasteiger charge is -2.31. The van der Waals surface area contributed by atoms with Gasteiger partial charge in [0, 0.05) is 25.0 Å². The highest BCUT2D eigenvalue weighted by Crippen LogP contribution is 2.23. The van der Waals surface area contributed by atoms with E-state index in [1.54, 1.807) is 0 Å². The van der Waals surface area contributed by atoms with Crippen molar-refractivity contribution in [2.24, 2.45) is 5.92 Å². The molecule has 2 amide bonds. The van der Waals surface area contributed by atoms with Crippen LogP contribution in [0.4, 0.5) is 0 Å². The van der Waals surface area contributed by atoms with Crippen molar-refractivity contribution < 1.29 is 18.7 Å². The van der Waals surface area contributed by atoms with Crippen molar-refractivity contribution in [3.05, 3.63) is 65.9 Å². The molecule has 1 aliphatic rings. The molecule has 0 spiro atoms. The lowest BCUT2D eigenvalue weighted by atomic mass is 9.96. The summed E-state index contributed by atoms with van der Waals surface area (Å²) in [5, 5.41) is 3.98. The number of amides is 2. The Morgan fingerprint density at radius 1 is 1.10 bits per heavy atom. The first-order valence-corrected chi connectivity index (χ1v) is 10.9. The predicted octanol–water partition coefficient (Wildman–Crippen LogP) is 4.04. The van der Waals surface area contributed by atoms with E-state index in [2.05, 4.69) is 5.32 Å². The second-order valence-electron chi connectivity index (χ2n) is 7.94. The monoisotopic (exact) mass is 420 g/mol. The fourth-order valence-electron chi connectivity index (χ4n) is 3.96. The number of furan rings is 1. The van der Waals surface area contributed by atoms with Gasteiger partial charge >= 0.3 is 0 Å². The second-order valence-corrected chi connectivity index (χ2v) is 7.94. The maximum Gasteiger partial charge on any atom is 0.289 e. The molecule has 6 nitrogen and oxygen atoms in total. The molecule has 0 saturated carbocycles. The highest BCUT2D eigenvalue weighted by atomic mass is 16.5. The summed E-state index contributed by atoms with van der Waals surface area (Å²) in [6, 6.07) is 17.1. The number of carbonyl (C=O) groups excluding carboxylic acids is 2. The topological polar surface area (TPSA) is 71.8 Å². The Hall–Kier alpha value is -3.28. The van der Waals surface area contributed by atoms with E-state index in [0.29, 0.717) is 44.3 Å². The lowest BCUT2D eigenvalue weighted by Crippen LogP contribution is -2.41. The van der Waals surface area contributed by atoms with Crippen LogP contribution in [0, 0.1) is 5.92 Å². The van der Waals surface area contributed by atoms with Gasteiger partial charge < -0.3 is 19.4 Å². The zero-order valence-electron chi connectivity index (χ0n) is 17.8. The Labute approximate surface area is 182 Å². The summed E-state index contributed by atoms with van der Waals surface area (Å²) in [5.41, 5.74) is 1.70. The van der Waals surface area contributed by atoms with Crippen LogP contribution in [-0.4, -0.2) is 43.0 Å². The van der Waals surface area contributed by atoms with Crippen molar-refractivity contribution in [2.45, 2.75) is 26.2 Å². The van der Waals surface area contributed by atoms with Crippen molar-refractivity contribution >= 4 is 22.8 Å². The molecule has 1 N–H and O–H groups in total. The van der Waals surface area contributed by atoms with Gasteiger partial charge in [-0.25, -0.2) is 0 Å². The number of hydrogen-bond donors (Lipinski definition) is 1. The number of hydrogen-bond acceptors (Lipinski definition) is 4. The number of fused-ring (bicyclic) bond motifs is 1. The number of piperidine rings is 1. The summed E-state index contributed by atoms with van der Waals surface area (Å²) in [6.45, 7) is 4.57. The van der Waals surface area contributed by atoms with Gasteiger partial charge in [-0.3, -0.25) is 9.59 Å². The zero-order chi connectivity index (χ0) is 21.6. The number of rotatable bonds is 7. The van der Waals surface area contributed by atoms with Crippen molar-refractivity contribution in [3.63, 3.8) is 0 Å². The third-order valence-corrected chi connectivity index (χ3v) is 5.72. The number of nitrogens with one attached hydrogen (secondary N) is 1. The molecule has 1 saturated heterocycles. The highest BCUT2D eigenvalue weighted by molar-refractivity contribution is 5.96. The van der Waals surface area contributed by atoms with E-state index in [-0.39, 0.29) is 11.8 Å². The van der Waals surface area contributed by atoms with Gasteiger partial charge in [-0.05, 0) is 55.5 Å². The van der Waals surface area contributed by atoms with Gasteiger partial charge in [0.15, 0.2) is 5.76 Å². The molecular weight excluding hydrogens is 392 g/mol. The number of nitrogens with zero attached hydrogens (tertiary/aromatic N) is 1. The normalized spacial score (nSPS) is 14.5. The fraction of sp³-hybridized carbons (Fsp3) is 0.360. The molecule has 1 fully saturated rings. The van der Waals surface area contributed by atoms with Gasteiger partial charge in [0.25, 0.3) is 5.91 Å². The van der Waals surface area contributed by atoms with Crippen LogP contribution in [0.3, 0.4) is 0 Å². The molecule has 0 bridgehead atoms. The van der Waals surface area contributed by atoms with Crippen LogP contribution in [0.15, 0.2) is 59.0 Å². The third-order valence-electron chi connectivity index (χ3n) is 5.72. The summed E-state index contributed by atoms with van der Waals surface area (Å²) in [6.07, 6.45) is 2.10. The maximum absolute atomic E-state index is 12.8. The number of benzene rings is 2. The molecule has 4 rings (SSSR count). The minimum Gasteiger partial charge on any atom is -0.494 e. The molecule has 0 aliphatic carbocycles. The van der Waals surface area contributed by atoms with Crippen LogP contribution in [0.1, 0.15) is 35.9 Å². The van der Waals surface area contributed by atoms with Crippen LogP contribution in [-0.2, 0) is 11.2 Å². The largest absolute Gasteiger partial charge is 0.494 e. The molecule has 0 atom stereocenters. The van der Waals surface area contributed by atoms with Gasteiger partial charge in [0.2, 0.25) is 5.91 Å². The second kappa shape index (κ2) is 9.69. The van der Waals surface area contributed by atoms with E-state index in [9.17, 15) is 9.59 Å². The molecule has 1 aliphatic heterocycles. The van der Waals surface area contributed by atoms with Crippen LogP contribution < -0.4 is 10.1 Å². The molecule has 162 valence electrons. The summed E-state index contributed by atoms with van der Waals surface area (Å²) >= 11 is 0. The molecule has 0 radical (unpaired) electrons. The summed E-state index contributed by atoms with van der Waals surface area (Å²) in [7, 11) is 0. The zero-order valence-corrected chi connectivity index (χ0v) is 17.8. The van der Waals surface area contributed by atoms with E-state index in [1.165, 1.54) is 0 Å². The summed E-state index contributed by atoms with van der Waals surface area (Å²) in [4.78, 5) is 26.9. The quantitative estimate of drug-likeness (QED) is 0.626. The average Bonchev–Trinajstić information content (AvgIpc) is 3.23. The van der Waals surface area contributed by atoms with Crippen molar-refractivity contribution in [1.82, 2.24) is 10.2 Å². The Morgan fingerprint density at radius 2 is 1.84 bits per heavy atom. The molecule has 2 aromatic carbocycles. The summed E-state index contributed by atoms with van der Waals surface area (Å²) in [5.74, 6) is 1.54. The van der Waals surface area contributed by atoms with E-state index < -0.39 is 0 Å². The maximum atomic E-state index is 12.8. The van der Waals surface area contributed by atoms with Crippen LogP contribution in [0.5, 0.6) is 5.75 Å². The predicted molar refractivity (Wildman–Crippen MR) is 119 cm³/mol. The Morgan fingerprint density at radius 3 is 2.55 bits per heavy atom. The summed E-state index contributed by atoms with van der Waals surface area (Å²) < 4.78 is 11.1. The molecule has 6 heteroatoms. The van der Waals surface area contributed by atoms with Gasteiger partial charge in [-0.15, -0.1) is 0 Å². The van der Waals surface area contributed by atoms with Crippen LogP contribution in [0.25, 0.3) is 11.0 Å². The average molecular weight is 421 g/mol. The van der Waals surface area contributed by atoms with E-state index in [4.69, 9.17) is 9.15 Å². The molecule has 3 aromatic rings. The van der Waals surface area contributed by atoms with Gasteiger partial charge in [-0.1, -0.05) is 30.3 Å². The first kappa shape index (κ1) is 21.0. The molecule has 1 aromatic heterocycles. The van der Waals surface area contributed by atoms with Crippen molar-refractivity contribution in [3.8, 4) is 5.75 Å². The number of para-hydroxylation sites is 1. The third kappa shape index (κ3) is 5.26. The fourth-order valence-corrected chi connectivity index (χ4v) is 3.96. The minimum atomic E-state index is -0.0609. The van der Waals surface area contributed by atoms with Crippen molar-refractivity contribution in [1.29, 1.82) is 0 Å².